The predicted molar refractivity (Wildman–Crippen MR) is 68.9 cm³/mol. The maximum atomic E-state index is 12.1. The average Bonchev–Trinajstić information content (AvgIpc) is 2.48. The Bertz CT molecular complexity index is 383. The van der Waals surface area contributed by atoms with Crippen molar-refractivity contribution in [3.63, 3.8) is 0 Å². The molecule has 2 atom stereocenters. The molecule has 7 heteroatoms. The fraction of sp³-hybridized carbons (Fsp3) is 0.909. The second-order valence-electron chi connectivity index (χ2n) is 4.84. The van der Waals surface area contributed by atoms with E-state index < -0.39 is 15.9 Å². The van der Waals surface area contributed by atoms with Crippen LogP contribution in [0.4, 0.5) is 0 Å². The van der Waals surface area contributed by atoms with Crippen molar-refractivity contribution in [3.8, 4) is 0 Å². The highest BCUT2D eigenvalue weighted by Crippen LogP contribution is 2.08. The summed E-state index contributed by atoms with van der Waals surface area (Å²) in [5, 5.41) is 0. The third-order valence-electron chi connectivity index (χ3n) is 2.88. The summed E-state index contributed by atoms with van der Waals surface area (Å²) in [6.45, 7) is 3.69. The number of carbonyl (C=O) groups excluding carboxylic acids is 1. The summed E-state index contributed by atoms with van der Waals surface area (Å²) < 4.78 is 27.5. The fourth-order valence-electron chi connectivity index (χ4n) is 1.89. The lowest BCUT2D eigenvalue weighted by atomic mass is 10.2. The second-order valence-corrected chi connectivity index (χ2v) is 7.10. The molecular weight excluding hydrogens is 256 g/mol. The number of hydrogen-bond acceptors (Lipinski definition) is 5. The van der Waals surface area contributed by atoms with Crippen LogP contribution in [0, 0.1) is 0 Å². The van der Waals surface area contributed by atoms with Gasteiger partial charge in [0.05, 0.1) is 17.9 Å². The molecule has 0 aromatic rings. The highest BCUT2D eigenvalue weighted by atomic mass is 32.2. The van der Waals surface area contributed by atoms with E-state index in [9.17, 15) is 13.2 Å². The van der Waals surface area contributed by atoms with Crippen LogP contribution in [0.1, 0.15) is 19.8 Å². The molecule has 0 aromatic carbocycles. The molecule has 2 N–H and O–H groups in total. The summed E-state index contributed by atoms with van der Waals surface area (Å²) in [7, 11) is -3.08. The standard InChI is InChI=1S/C11H22N2O4S/c1-9-8-13(5-3-6-17-9)11(14)10(12)4-7-18(2,15)16/h9-10H,3-8,12H2,1-2H3. The van der Waals surface area contributed by atoms with Gasteiger partial charge in [-0.3, -0.25) is 4.79 Å². The molecule has 0 bridgehead atoms. The van der Waals surface area contributed by atoms with Gasteiger partial charge in [0.1, 0.15) is 9.84 Å². The van der Waals surface area contributed by atoms with Crippen LogP contribution in [0.3, 0.4) is 0 Å². The van der Waals surface area contributed by atoms with E-state index in [4.69, 9.17) is 10.5 Å². The van der Waals surface area contributed by atoms with Crippen LogP contribution in [0.15, 0.2) is 0 Å². The first-order valence-corrected chi connectivity index (χ1v) is 8.19. The van der Waals surface area contributed by atoms with E-state index in [2.05, 4.69) is 0 Å². The van der Waals surface area contributed by atoms with E-state index in [0.717, 1.165) is 12.7 Å². The van der Waals surface area contributed by atoms with Crippen LogP contribution < -0.4 is 5.73 Å². The van der Waals surface area contributed by atoms with E-state index >= 15 is 0 Å². The Kier molecular flexibility index (Phi) is 5.55. The Hall–Kier alpha value is -0.660. The largest absolute Gasteiger partial charge is 0.377 e. The molecule has 106 valence electrons. The summed E-state index contributed by atoms with van der Waals surface area (Å²) in [6.07, 6.45) is 2.10. The van der Waals surface area contributed by atoms with Crippen molar-refractivity contribution in [3.05, 3.63) is 0 Å². The summed E-state index contributed by atoms with van der Waals surface area (Å²) in [4.78, 5) is 13.7. The van der Waals surface area contributed by atoms with E-state index in [1.165, 1.54) is 0 Å². The van der Waals surface area contributed by atoms with Crippen LogP contribution in [0.2, 0.25) is 0 Å². The third kappa shape index (κ3) is 5.32. The van der Waals surface area contributed by atoms with Crippen molar-refractivity contribution in [2.24, 2.45) is 5.73 Å². The van der Waals surface area contributed by atoms with Crippen LogP contribution in [-0.2, 0) is 19.4 Å². The second kappa shape index (κ2) is 6.49. The average molecular weight is 278 g/mol. The zero-order valence-corrected chi connectivity index (χ0v) is 11.8. The number of ether oxygens (including phenoxy) is 1. The molecule has 1 aliphatic rings. The van der Waals surface area contributed by atoms with Crippen molar-refractivity contribution in [1.82, 2.24) is 4.90 Å². The molecule has 0 spiro atoms. The van der Waals surface area contributed by atoms with E-state index in [-0.39, 0.29) is 24.2 Å². The first-order valence-electron chi connectivity index (χ1n) is 6.13. The summed E-state index contributed by atoms with van der Waals surface area (Å²) in [5.41, 5.74) is 5.76. The summed E-state index contributed by atoms with van der Waals surface area (Å²) in [5.74, 6) is -0.240. The molecule has 0 aromatic heterocycles. The Morgan fingerprint density at radius 3 is 2.83 bits per heavy atom. The Morgan fingerprint density at radius 2 is 2.22 bits per heavy atom. The molecule has 1 heterocycles. The van der Waals surface area contributed by atoms with Gasteiger partial charge in [0.15, 0.2) is 0 Å². The van der Waals surface area contributed by atoms with Gasteiger partial charge in [0, 0.05) is 26.0 Å². The lowest BCUT2D eigenvalue weighted by Crippen LogP contribution is -2.46. The van der Waals surface area contributed by atoms with Crippen molar-refractivity contribution in [2.45, 2.75) is 31.9 Å². The lowest BCUT2D eigenvalue weighted by molar-refractivity contribution is -0.133. The van der Waals surface area contributed by atoms with Crippen LogP contribution >= 0.6 is 0 Å². The highest BCUT2D eigenvalue weighted by molar-refractivity contribution is 7.90. The number of amides is 1. The van der Waals surface area contributed by atoms with Gasteiger partial charge in [-0.2, -0.15) is 0 Å². The van der Waals surface area contributed by atoms with Crippen molar-refractivity contribution < 1.29 is 17.9 Å². The first-order chi connectivity index (χ1) is 8.29. The van der Waals surface area contributed by atoms with Crippen molar-refractivity contribution in [1.29, 1.82) is 0 Å². The lowest BCUT2D eigenvalue weighted by Gasteiger charge is -2.25. The van der Waals surface area contributed by atoms with Gasteiger partial charge in [0.25, 0.3) is 0 Å². The smallest absolute Gasteiger partial charge is 0.239 e. The SMILES string of the molecule is CC1CN(C(=O)C(N)CCS(C)(=O)=O)CCCO1. The van der Waals surface area contributed by atoms with Crippen molar-refractivity contribution in [2.75, 3.05) is 31.7 Å². The number of nitrogens with two attached hydrogens (primary N) is 1. The predicted octanol–water partition coefficient (Wildman–Crippen LogP) is -0.614. The minimum atomic E-state index is -3.08. The van der Waals surface area contributed by atoms with Crippen LogP contribution in [0.25, 0.3) is 0 Å². The minimum Gasteiger partial charge on any atom is -0.377 e. The van der Waals surface area contributed by atoms with Gasteiger partial charge in [-0.15, -0.1) is 0 Å². The molecule has 0 aliphatic carbocycles. The normalized spacial score (nSPS) is 23.5. The molecule has 2 unspecified atom stereocenters. The topological polar surface area (TPSA) is 89.7 Å². The Balaban J connectivity index is 2.51. The molecule has 18 heavy (non-hydrogen) atoms. The Morgan fingerprint density at radius 1 is 1.56 bits per heavy atom. The van der Waals surface area contributed by atoms with Gasteiger partial charge >= 0.3 is 0 Å². The van der Waals surface area contributed by atoms with Crippen molar-refractivity contribution >= 4 is 15.7 Å². The van der Waals surface area contributed by atoms with Crippen LogP contribution in [0.5, 0.6) is 0 Å². The minimum absolute atomic E-state index is 0.00134. The van der Waals surface area contributed by atoms with E-state index in [0.29, 0.717) is 19.7 Å². The number of hydrogen-bond donors (Lipinski definition) is 1. The monoisotopic (exact) mass is 278 g/mol. The van der Waals surface area contributed by atoms with Gasteiger partial charge in [0.2, 0.25) is 5.91 Å². The van der Waals surface area contributed by atoms with Crippen LogP contribution in [-0.4, -0.2) is 63.1 Å². The van der Waals surface area contributed by atoms with Gasteiger partial charge in [-0.25, -0.2) is 8.42 Å². The molecule has 0 saturated carbocycles. The zero-order valence-electron chi connectivity index (χ0n) is 11.0. The molecule has 1 amide bonds. The van der Waals surface area contributed by atoms with E-state index in [1.54, 1.807) is 4.90 Å². The quantitative estimate of drug-likeness (QED) is 0.740. The maximum Gasteiger partial charge on any atom is 0.239 e. The third-order valence-corrected chi connectivity index (χ3v) is 3.86. The molecule has 0 radical (unpaired) electrons. The van der Waals surface area contributed by atoms with Gasteiger partial charge in [-0.05, 0) is 19.8 Å². The highest BCUT2D eigenvalue weighted by Gasteiger charge is 2.25. The fourth-order valence-corrected chi connectivity index (χ4v) is 2.58. The zero-order chi connectivity index (χ0) is 13.8. The molecule has 1 aliphatic heterocycles. The maximum absolute atomic E-state index is 12.1. The first kappa shape index (κ1) is 15.4. The molecule has 6 nitrogen and oxygen atoms in total. The number of sulfone groups is 1. The van der Waals surface area contributed by atoms with E-state index in [1.807, 2.05) is 6.92 Å². The molecular formula is C11H22N2O4S. The molecule has 1 fully saturated rings. The summed E-state index contributed by atoms with van der Waals surface area (Å²) in [6, 6.07) is -0.745. The Labute approximate surface area is 108 Å². The molecule has 1 saturated heterocycles. The number of rotatable bonds is 4. The molecule has 1 rings (SSSR count). The summed E-state index contributed by atoms with van der Waals surface area (Å²) >= 11 is 0. The van der Waals surface area contributed by atoms with Gasteiger partial charge in [-0.1, -0.05) is 0 Å². The number of carbonyl (C=O) groups is 1. The number of nitrogens with zero attached hydrogens (tertiary/aromatic N) is 1. The van der Waals surface area contributed by atoms with Gasteiger partial charge < -0.3 is 15.4 Å².